The van der Waals surface area contributed by atoms with Gasteiger partial charge in [0.05, 0.1) is 6.33 Å². The molecule has 7 nitrogen and oxygen atoms in total. The molecule has 4 rings (SSSR count). The second-order valence-corrected chi connectivity index (χ2v) is 5.74. The molecule has 0 saturated carbocycles. The molecule has 0 saturated heterocycles. The normalized spacial score (nSPS) is 10.7. The van der Waals surface area contributed by atoms with Crippen LogP contribution < -0.4 is 16.5 Å². The highest BCUT2D eigenvalue weighted by Gasteiger charge is 2.21. The molecule has 27 heavy (non-hydrogen) atoms. The predicted octanol–water partition coefficient (Wildman–Crippen LogP) is 2.80. The number of anilines is 1. The van der Waals surface area contributed by atoms with Crippen LogP contribution in [0.2, 0.25) is 0 Å². The summed E-state index contributed by atoms with van der Waals surface area (Å²) in [6.07, 6.45) is 1.16. The number of hydrogen-bond acceptors (Lipinski definition) is 5. The highest BCUT2D eigenvalue weighted by atomic mass is 16.4. The van der Waals surface area contributed by atoms with Gasteiger partial charge in [-0.15, -0.1) is 0 Å². The lowest BCUT2D eigenvalue weighted by Gasteiger charge is -2.12. The summed E-state index contributed by atoms with van der Waals surface area (Å²) in [4.78, 5) is 44.0. The number of benzene rings is 2. The molecule has 2 aromatic carbocycles. The molecule has 2 N–H and O–H groups in total. The van der Waals surface area contributed by atoms with Crippen molar-refractivity contribution in [3.05, 3.63) is 93.3 Å². The SMILES string of the molecule is O=C(Nc1c(-c2ccccc2)c2c(=O)[nH]cnc2oc1=O)c1ccccc1. The standard InChI is InChI=1S/C20H13N3O4/c24-17(13-9-5-2-6-10-13)23-16-14(12-7-3-1-4-8-12)15-18(25)21-11-22-19(15)27-20(16)26/h1-11H,(H,23,24)(H,21,22,25). The van der Waals surface area contributed by atoms with Gasteiger partial charge in [0.25, 0.3) is 11.5 Å². The molecule has 0 spiro atoms. The number of carbonyl (C=O) groups excluding carboxylic acids is 1. The number of aromatic nitrogens is 2. The Morgan fingerprint density at radius 3 is 2.33 bits per heavy atom. The average Bonchev–Trinajstić information content (AvgIpc) is 2.70. The van der Waals surface area contributed by atoms with Crippen LogP contribution in [0.1, 0.15) is 10.4 Å². The predicted molar refractivity (Wildman–Crippen MR) is 101 cm³/mol. The van der Waals surface area contributed by atoms with E-state index in [9.17, 15) is 14.4 Å². The van der Waals surface area contributed by atoms with Crippen molar-refractivity contribution in [1.82, 2.24) is 9.97 Å². The molecule has 4 aromatic rings. The molecule has 1 amide bonds. The van der Waals surface area contributed by atoms with E-state index in [0.717, 1.165) is 6.33 Å². The second-order valence-electron chi connectivity index (χ2n) is 5.74. The number of aromatic amines is 1. The van der Waals surface area contributed by atoms with Gasteiger partial charge < -0.3 is 14.7 Å². The highest BCUT2D eigenvalue weighted by molar-refractivity contribution is 6.09. The Labute approximate surface area is 152 Å². The number of rotatable bonds is 3. The fraction of sp³-hybridized carbons (Fsp3) is 0. The Balaban J connectivity index is 1.99. The van der Waals surface area contributed by atoms with Crippen molar-refractivity contribution < 1.29 is 9.21 Å². The van der Waals surface area contributed by atoms with E-state index in [4.69, 9.17) is 4.42 Å². The van der Waals surface area contributed by atoms with Crippen LogP contribution in [0.15, 0.2) is 81.0 Å². The van der Waals surface area contributed by atoms with E-state index in [1.807, 2.05) is 6.07 Å². The van der Waals surface area contributed by atoms with Gasteiger partial charge in [-0.05, 0) is 17.7 Å². The van der Waals surface area contributed by atoms with Crippen molar-refractivity contribution in [3.8, 4) is 11.1 Å². The number of fused-ring (bicyclic) bond motifs is 1. The van der Waals surface area contributed by atoms with Crippen LogP contribution >= 0.6 is 0 Å². The number of nitrogens with one attached hydrogen (secondary N) is 2. The first kappa shape index (κ1) is 16.5. The summed E-state index contributed by atoms with van der Waals surface area (Å²) < 4.78 is 5.17. The number of amides is 1. The molecule has 0 unspecified atom stereocenters. The lowest BCUT2D eigenvalue weighted by atomic mass is 10.0. The van der Waals surface area contributed by atoms with Gasteiger partial charge in [0.15, 0.2) is 0 Å². The Hall–Kier alpha value is -4.00. The smallest absolute Gasteiger partial charge is 0.362 e. The largest absolute Gasteiger partial charge is 0.402 e. The van der Waals surface area contributed by atoms with E-state index >= 15 is 0 Å². The Morgan fingerprint density at radius 1 is 0.963 bits per heavy atom. The van der Waals surface area contributed by atoms with Gasteiger partial charge in [-0.3, -0.25) is 9.59 Å². The van der Waals surface area contributed by atoms with Crippen LogP contribution in [0.3, 0.4) is 0 Å². The van der Waals surface area contributed by atoms with Gasteiger partial charge in [-0.2, -0.15) is 0 Å². The third-order valence-electron chi connectivity index (χ3n) is 4.05. The highest BCUT2D eigenvalue weighted by Crippen LogP contribution is 2.30. The molecule has 0 aliphatic carbocycles. The zero-order valence-electron chi connectivity index (χ0n) is 13.9. The van der Waals surface area contributed by atoms with Crippen molar-refractivity contribution in [2.24, 2.45) is 0 Å². The monoisotopic (exact) mass is 359 g/mol. The summed E-state index contributed by atoms with van der Waals surface area (Å²) in [7, 11) is 0. The van der Waals surface area contributed by atoms with E-state index in [1.165, 1.54) is 0 Å². The second kappa shape index (κ2) is 6.72. The molecular weight excluding hydrogens is 346 g/mol. The fourth-order valence-corrected chi connectivity index (χ4v) is 2.83. The van der Waals surface area contributed by atoms with Crippen molar-refractivity contribution in [3.63, 3.8) is 0 Å². The third-order valence-corrected chi connectivity index (χ3v) is 4.05. The molecule has 0 radical (unpaired) electrons. The van der Waals surface area contributed by atoms with Gasteiger partial charge in [0.2, 0.25) is 5.71 Å². The zero-order chi connectivity index (χ0) is 18.8. The van der Waals surface area contributed by atoms with Crippen molar-refractivity contribution >= 4 is 22.7 Å². The molecular formula is C20H13N3O4. The molecule has 0 atom stereocenters. The Morgan fingerprint density at radius 2 is 1.63 bits per heavy atom. The minimum absolute atomic E-state index is 0.0895. The van der Waals surface area contributed by atoms with Crippen LogP contribution in [0, 0.1) is 0 Å². The molecule has 0 aliphatic heterocycles. The first-order valence-corrected chi connectivity index (χ1v) is 8.11. The van der Waals surface area contributed by atoms with Gasteiger partial charge in [0, 0.05) is 11.1 Å². The molecule has 2 heterocycles. The van der Waals surface area contributed by atoms with Gasteiger partial charge in [-0.25, -0.2) is 9.78 Å². The van der Waals surface area contributed by atoms with Gasteiger partial charge in [-0.1, -0.05) is 48.5 Å². The van der Waals surface area contributed by atoms with Crippen molar-refractivity contribution in [2.75, 3.05) is 5.32 Å². The summed E-state index contributed by atoms with van der Waals surface area (Å²) in [6, 6.07) is 17.3. The van der Waals surface area contributed by atoms with Crippen molar-refractivity contribution in [1.29, 1.82) is 0 Å². The minimum Gasteiger partial charge on any atom is -0.402 e. The van der Waals surface area contributed by atoms with Crippen LogP contribution in [-0.2, 0) is 0 Å². The van der Waals surface area contributed by atoms with Crippen molar-refractivity contribution in [2.45, 2.75) is 0 Å². The maximum absolute atomic E-state index is 12.6. The number of hydrogen-bond donors (Lipinski definition) is 2. The first-order valence-electron chi connectivity index (χ1n) is 8.11. The summed E-state index contributed by atoms with van der Waals surface area (Å²) in [5, 5.41) is 2.68. The van der Waals surface area contributed by atoms with E-state index in [2.05, 4.69) is 15.3 Å². The van der Waals surface area contributed by atoms with E-state index in [-0.39, 0.29) is 22.4 Å². The van der Waals surface area contributed by atoms with Crippen LogP contribution in [0.25, 0.3) is 22.2 Å². The molecule has 0 bridgehead atoms. The van der Waals surface area contributed by atoms with E-state index < -0.39 is 17.1 Å². The molecule has 132 valence electrons. The maximum atomic E-state index is 12.6. The molecule has 7 heteroatoms. The lowest BCUT2D eigenvalue weighted by Crippen LogP contribution is -2.21. The maximum Gasteiger partial charge on any atom is 0.362 e. The third kappa shape index (κ3) is 3.02. The lowest BCUT2D eigenvalue weighted by molar-refractivity contribution is 0.102. The molecule has 2 aromatic heterocycles. The Kier molecular flexibility index (Phi) is 4.10. The minimum atomic E-state index is -0.788. The van der Waals surface area contributed by atoms with Crippen LogP contribution in [0.4, 0.5) is 5.69 Å². The summed E-state index contributed by atoms with van der Waals surface area (Å²) in [6.45, 7) is 0. The summed E-state index contributed by atoms with van der Waals surface area (Å²) in [5.41, 5.74) is -0.253. The van der Waals surface area contributed by atoms with E-state index in [1.54, 1.807) is 54.6 Å². The summed E-state index contributed by atoms with van der Waals surface area (Å²) >= 11 is 0. The fourth-order valence-electron chi connectivity index (χ4n) is 2.83. The topological polar surface area (TPSA) is 105 Å². The molecule has 0 aliphatic rings. The van der Waals surface area contributed by atoms with Gasteiger partial charge in [0.1, 0.15) is 11.1 Å². The van der Waals surface area contributed by atoms with Crippen LogP contribution in [0.5, 0.6) is 0 Å². The number of carbonyl (C=O) groups is 1. The number of nitrogens with zero attached hydrogens (tertiary/aromatic N) is 1. The van der Waals surface area contributed by atoms with Crippen LogP contribution in [-0.4, -0.2) is 15.9 Å². The average molecular weight is 359 g/mol. The summed E-state index contributed by atoms with van der Waals surface area (Å²) in [5.74, 6) is -0.486. The molecule has 0 fully saturated rings. The number of H-pyrrole nitrogens is 1. The quantitative estimate of drug-likeness (QED) is 0.585. The Bertz CT molecular complexity index is 1250. The first-order chi connectivity index (χ1) is 13.1. The van der Waals surface area contributed by atoms with E-state index in [0.29, 0.717) is 11.1 Å². The van der Waals surface area contributed by atoms with Gasteiger partial charge >= 0.3 is 5.63 Å². The zero-order valence-corrected chi connectivity index (χ0v) is 13.9.